The Morgan fingerprint density at radius 2 is 1.95 bits per heavy atom. The van der Waals surface area contributed by atoms with Crippen molar-refractivity contribution in [3.8, 4) is 5.75 Å². The second-order valence-electron chi connectivity index (χ2n) is 4.41. The summed E-state index contributed by atoms with van der Waals surface area (Å²) in [6.07, 6.45) is 1.90. The Kier molecular flexibility index (Phi) is 4.50. The molecule has 0 saturated heterocycles. The lowest BCUT2D eigenvalue weighted by Gasteiger charge is -2.06. The van der Waals surface area contributed by atoms with E-state index < -0.39 is 5.97 Å². The van der Waals surface area contributed by atoms with Crippen LogP contribution in [0.25, 0.3) is 0 Å². The van der Waals surface area contributed by atoms with Crippen molar-refractivity contribution in [2.24, 2.45) is 0 Å². The standard InChI is InChI=1S/C15H14N2O4/c18-13-4-2-1-3-10(13)5-6-14(19)17-11-7-8-16-12(9-11)15(20)21/h1-4,7-9,18H,5-6H2,(H,20,21)(H,16,17,19). The minimum atomic E-state index is -1.15. The number of nitrogens with zero attached hydrogens (tertiary/aromatic N) is 1. The molecule has 1 aromatic carbocycles. The van der Waals surface area contributed by atoms with E-state index in [-0.39, 0.29) is 23.8 Å². The zero-order valence-electron chi connectivity index (χ0n) is 11.1. The summed E-state index contributed by atoms with van der Waals surface area (Å²) in [5.41, 5.74) is 0.937. The van der Waals surface area contributed by atoms with Crippen molar-refractivity contribution in [3.05, 3.63) is 53.9 Å². The quantitative estimate of drug-likeness (QED) is 0.781. The molecular formula is C15H14N2O4. The second kappa shape index (κ2) is 6.51. The Labute approximate surface area is 121 Å². The molecule has 0 bridgehead atoms. The summed E-state index contributed by atoms with van der Waals surface area (Å²) in [5, 5.41) is 21.0. The molecule has 0 saturated carbocycles. The predicted molar refractivity (Wildman–Crippen MR) is 76.3 cm³/mol. The van der Waals surface area contributed by atoms with Crippen LogP contribution in [0.1, 0.15) is 22.5 Å². The lowest BCUT2D eigenvalue weighted by molar-refractivity contribution is -0.116. The normalized spacial score (nSPS) is 10.1. The van der Waals surface area contributed by atoms with Crippen LogP contribution in [0.2, 0.25) is 0 Å². The zero-order chi connectivity index (χ0) is 15.2. The number of hydrogen-bond donors (Lipinski definition) is 3. The average Bonchev–Trinajstić information content (AvgIpc) is 2.46. The molecule has 0 aliphatic carbocycles. The highest BCUT2D eigenvalue weighted by Gasteiger charge is 2.08. The average molecular weight is 286 g/mol. The van der Waals surface area contributed by atoms with Gasteiger partial charge in [0.05, 0.1) is 0 Å². The zero-order valence-corrected chi connectivity index (χ0v) is 11.1. The maximum atomic E-state index is 11.8. The van der Waals surface area contributed by atoms with E-state index in [1.165, 1.54) is 18.3 Å². The van der Waals surface area contributed by atoms with Gasteiger partial charge in [0.1, 0.15) is 11.4 Å². The third-order valence-electron chi connectivity index (χ3n) is 2.88. The van der Waals surface area contributed by atoms with E-state index in [4.69, 9.17) is 5.11 Å². The summed E-state index contributed by atoms with van der Waals surface area (Å²) < 4.78 is 0. The number of aromatic hydroxyl groups is 1. The lowest BCUT2D eigenvalue weighted by Crippen LogP contribution is -2.13. The minimum absolute atomic E-state index is 0.131. The Bertz CT molecular complexity index is 670. The van der Waals surface area contributed by atoms with E-state index >= 15 is 0 Å². The SMILES string of the molecule is O=C(CCc1ccccc1O)Nc1ccnc(C(=O)O)c1. The second-order valence-corrected chi connectivity index (χ2v) is 4.41. The third kappa shape index (κ3) is 4.04. The number of rotatable bonds is 5. The molecule has 2 aromatic rings. The van der Waals surface area contributed by atoms with Gasteiger partial charge < -0.3 is 15.5 Å². The maximum Gasteiger partial charge on any atom is 0.354 e. The van der Waals surface area contributed by atoms with Crippen LogP contribution in [0, 0.1) is 0 Å². The molecule has 6 nitrogen and oxygen atoms in total. The van der Waals surface area contributed by atoms with Crippen LogP contribution in [0.3, 0.4) is 0 Å². The van der Waals surface area contributed by atoms with Crippen LogP contribution in [0.4, 0.5) is 5.69 Å². The number of pyridine rings is 1. The Morgan fingerprint density at radius 3 is 2.67 bits per heavy atom. The highest BCUT2D eigenvalue weighted by atomic mass is 16.4. The fraction of sp³-hybridized carbons (Fsp3) is 0.133. The molecule has 0 radical (unpaired) electrons. The number of phenolic OH excluding ortho intramolecular Hbond substituents is 1. The number of hydrogen-bond acceptors (Lipinski definition) is 4. The van der Waals surface area contributed by atoms with Crippen molar-refractivity contribution in [2.45, 2.75) is 12.8 Å². The van der Waals surface area contributed by atoms with Gasteiger partial charge in [-0.2, -0.15) is 0 Å². The Balaban J connectivity index is 1.95. The molecule has 6 heteroatoms. The van der Waals surface area contributed by atoms with Crippen LogP contribution in [-0.4, -0.2) is 27.1 Å². The first kappa shape index (κ1) is 14.5. The largest absolute Gasteiger partial charge is 0.508 e. The van der Waals surface area contributed by atoms with E-state index in [1.807, 2.05) is 0 Å². The highest BCUT2D eigenvalue weighted by molar-refractivity contribution is 5.93. The molecular weight excluding hydrogens is 272 g/mol. The molecule has 1 heterocycles. The number of benzene rings is 1. The van der Waals surface area contributed by atoms with Gasteiger partial charge in [0, 0.05) is 18.3 Å². The smallest absolute Gasteiger partial charge is 0.354 e. The van der Waals surface area contributed by atoms with Crippen molar-refractivity contribution in [2.75, 3.05) is 5.32 Å². The minimum Gasteiger partial charge on any atom is -0.508 e. The molecule has 3 N–H and O–H groups in total. The summed E-state index contributed by atoms with van der Waals surface area (Å²) in [5.74, 6) is -1.26. The maximum absolute atomic E-state index is 11.8. The number of phenols is 1. The van der Waals surface area contributed by atoms with Crippen molar-refractivity contribution < 1.29 is 19.8 Å². The van der Waals surface area contributed by atoms with Crippen molar-refractivity contribution in [1.82, 2.24) is 4.98 Å². The van der Waals surface area contributed by atoms with E-state index in [0.717, 1.165) is 0 Å². The number of carbonyl (C=O) groups is 2. The summed E-state index contributed by atoms with van der Waals surface area (Å²) in [7, 11) is 0. The number of carbonyl (C=O) groups excluding carboxylic acids is 1. The molecule has 0 atom stereocenters. The molecule has 0 spiro atoms. The van der Waals surface area contributed by atoms with Gasteiger partial charge in [0.25, 0.3) is 0 Å². The molecule has 0 unspecified atom stereocenters. The van der Waals surface area contributed by atoms with Crippen molar-refractivity contribution in [1.29, 1.82) is 0 Å². The van der Waals surface area contributed by atoms with Crippen LogP contribution < -0.4 is 5.32 Å². The summed E-state index contributed by atoms with van der Waals surface area (Å²) in [6.45, 7) is 0. The topological polar surface area (TPSA) is 99.5 Å². The van der Waals surface area contributed by atoms with Gasteiger partial charge in [-0.05, 0) is 30.2 Å². The summed E-state index contributed by atoms with van der Waals surface area (Å²) in [6, 6.07) is 9.62. The van der Waals surface area contributed by atoms with E-state index in [9.17, 15) is 14.7 Å². The first-order chi connectivity index (χ1) is 10.1. The number of anilines is 1. The van der Waals surface area contributed by atoms with Gasteiger partial charge in [-0.3, -0.25) is 4.79 Å². The Morgan fingerprint density at radius 1 is 1.19 bits per heavy atom. The summed E-state index contributed by atoms with van der Waals surface area (Å²) in [4.78, 5) is 26.3. The van der Waals surface area contributed by atoms with Gasteiger partial charge in [-0.1, -0.05) is 18.2 Å². The highest BCUT2D eigenvalue weighted by Crippen LogP contribution is 2.17. The number of carboxylic acid groups (broad SMARTS) is 1. The predicted octanol–water partition coefficient (Wildman–Crippen LogP) is 2.06. The molecule has 0 aliphatic rings. The number of para-hydroxylation sites is 1. The number of aromatic carboxylic acids is 1. The van der Waals surface area contributed by atoms with Gasteiger partial charge in [0.15, 0.2) is 0 Å². The molecule has 1 amide bonds. The van der Waals surface area contributed by atoms with Crippen molar-refractivity contribution >= 4 is 17.6 Å². The third-order valence-corrected chi connectivity index (χ3v) is 2.88. The van der Waals surface area contributed by atoms with Crippen LogP contribution in [0.5, 0.6) is 5.75 Å². The number of aryl methyl sites for hydroxylation is 1. The number of amides is 1. The molecule has 2 rings (SSSR count). The van der Waals surface area contributed by atoms with E-state index in [0.29, 0.717) is 17.7 Å². The fourth-order valence-corrected chi connectivity index (χ4v) is 1.82. The van der Waals surface area contributed by atoms with Crippen LogP contribution >= 0.6 is 0 Å². The van der Waals surface area contributed by atoms with E-state index in [2.05, 4.69) is 10.3 Å². The molecule has 0 fully saturated rings. The van der Waals surface area contributed by atoms with Gasteiger partial charge >= 0.3 is 5.97 Å². The molecule has 1 aromatic heterocycles. The van der Waals surface area contributed by atoms with Crippen molar-refractivity contribution in [3.63, 3.8) is 0 Å². The first-order valence-corrected chi connectivity index (χ1v) is 6.32. The summed E-state index contributed by atoms with van der Waals surface area (Å²) >= 11 is 0. The molecule has 0 aliphatic heterocycles. The number of carboxylic acids is 1. The molecule has 21 heavy (non-hydrogen) atoms. The van der Waals surface area contributed by atoms with Gasteiger partial charge in [-0.25, -0.2) is 9.78 Å². The van der Waals surface area contributed by atoms with Crippen LogP contribution in [-0.2, 0) is 11.2 Å². The van der Waals surface area contributed by atoms with Gasteiger partial charge in [0.2, 0.25) is 5.91 Å². The fourth-order valence-electron chi connectivity index (χ4n) is 1.82. The number of nitrogens with one attached hydrogen (secondary N) is 1. The first-order valence-electron chi connectivity index (χ1n) is 6.32. The molecule has 108 valence electrons. The van der Waals surface area contributed by atoms with E-state index in [1.54, 1.807) is 24.3 Å². The number of aromatic nitrogens is 1. The monoisotopic (exact) mass is 286 g/mol. The Hall–Kier alpha value is -2.89. The van der Waals surface area contributed by atoms with Gasteiger partial charge in [-0.15, -0.1) is 0 Å². The lowest BCUT2D eigenvalue weighted by atomic mass is 10.1. The van der Waals surface area contributed by atoms with Crippen LogP contribution in [0.15, 0.2) is 42.6 Å².